The smallest absolute Gasteiger partial charge is 0.254 e. The second-order valence-electron chi connectivity index (χ2n) is 8.12. The zero-order chi connectivity index (χ0) is 18.4. The molecule has 27 heavy (non-hydrogen) atoms. The zero-order valence-corrected chi connectivity index (χ0v) is 15.7. The number of hydrogen-bond acceptors (Lipinski definition) is 5. The molecule has 6 heteroatoms. The van der Waals surface area contributed by atoms with Gasteiger partial charge in [0.15, 0.2) is 0 Å². The molecular weight excluding hydrogens is 340 g/mol. The van der Waals surface area contributed by atoms with Crippen molar-refractivity contribution in [2.75, 3.05) is 36.0 Å². The number of hydrogen-bond donors (Lipinski definition) is 1. The molecule has 0 amide bonds. The van der Waals surface area contributed by atoms with Crippen LogP contribution in [0.4, 0.5) is 11.8 Å². The quantitative estimate of drug-likeness (QED) is 0.898. The van der Waals surface area contributed by atoms with Gasteiger partial charge in [-0.3, -0.25) is 9.78 Å². The van der Waals surface area contributed by atoms with E-state index in [1.165, 1.54) is 12.0 Å². The summed E-state index contributed by atoms with van der Waals surface area (Å²) < 4.78 is 5.63. The monoisotopic (exact) mass is 366 g/mol. The predicted molar refractivity (Wildman–Crippen MR) is 105 cm³/mol. The summed E-state index contributed by atoms with van der Waals surface area (Å²) in [7, 11) is 0. The molecule has 1 aromatic heterocycles. The van der Waals surface area contributed by atoms with E-state index < -0.39 is 0 Å². The molecule has 1 unspecified atom stereocenters. The number of ether oxygens (including phenoxy) is 1. The lowest BCUT2D eigenvalue weighted by Gasteiger charge is -2.33. The van der Waals surface area contributed by atoms with Crippen LogP contribution < -0.4 is 15.4 Å². The number of piperidine rings is 1. The lowest BCUT2D eigenvalue weighted by molar-refractivity contribution is 0.0529. The van der Waals surface area contributed by atoms with E-state index in [4.69, 9.17) is 9.72 Å². The van der Waals surface area contributed by atoms with E-state index in [2.05, 4.69) is 52.0 Å². The van der Waals surface area contributed by atoms with Crippen LogP contribution in [0.15, 0.2) is 41.2 Å². The second-order valence-corrected chi connectivity index (χ2v) is 8.12. The van der Waals surface area contributed by atoms with Gasteiger partial charge in [-0.25, -0.2) is 0 Å². The fourth-order valence-electron chi connectivity index (χ4n) is 4.69. The summed E-state index contributed by atoms with van der Waals surface area (Å²) >= 11 is 0. The Balaban J connectivity index is 1.42. The molecule has 1 saturated carbocycles. The Morgan fingerprint density at radius 3 is 2.93 bits per heavy atom. The standard InChI is InChI=1S/C21H26N4O2/c1-14-12-24(7-8-27-14)19-11-20(26)23-21(22-19)25-13-16-10-17(16)18(25)9-15-5-3-2-4-6-15/h2-6,11,14,16-18H,7-10,12-13H2,1H3,(H,22,23,26)/t14?,16-,17-,18+/m0/s1. The summed E-state index contributed by atoms with van der Waals surface area (Å²) in [5, 5.41) is 0. The molecule has 3 aliphatic rings. The van der Waals surface area contributed by atoms with Crippen LogP contribution in [-0.4, -0.2) is 48.4 Å². The number of rotatable bonds is 4. The molecule has 0 bridgehead atoms. The van der Waals surface area contributed by atoms with Gasteiger partial charge in [0.05, 0.1) is 12.7 Å². The minimum Gasteiger partial charge on any atom is -0.375 e. The fraction of sp³-hybridized carbons (Fsp3) is 0.524. The predicted octanol–water partition coefficient (Wildman–Crippen LogP) is 2.06. The van der Waals surface area contributed by atoms with E-state index in [0.717, 1.165) is 49.7 Å². The second kappa shape index (κ2) is 6.68. The highest BCUT2D eigenvalue weighted by Gasteiger charge is 2.52. The van der Waals surface area contributed by atoms with Gasteiger partial charge in [-0.2, -0.15) is 4.98 Å². The Kier molecular flexibility index (Phi) is 4.16. The molecular formula is C21H26N4O2. The van der Waals surface area contributed by atoms with Crippen LogP contribution in [0.5, 0.6) is 0 Å². The largest absolute Gasteiger partial charge is 0.375 e. The lowest BCUT2D eigenvalue weighted by Crippen LogP contribution is -2.43. The number of aromatic nitrogens is 2. The molecule has 1 aliphatic carbocycles. The summed E-state index contributed by atoms with van der Waals surface area (Å²) in [6.07, 6.45) is 2.47. The van der Waals surface area contributed by atoms with Crippen molar-refractivity contribution in [1.82, 2.24) is 9.97 Å². The first-order valence-electron chi connectivity index (χ1n) is 9.96. The Morgan fingerprint density at radius 1 is 1.26 bits per heavy atom. The SMILES string of the molecule is CC1CN(c2cc(=O)[nH]c(N3C[C@@H]4C[C@@H]4[C@H]3Cc3ccccc3)n2)CCO1. The molecule has 6 nitrogen and oxygen atoms in total. The van der Waals surface area contributed by atoms with Crippen molar-refractivity contribution in [3.63, 3.8) is 0 Å². The van der Waals surface area contributed by atoms with Crippen molar-refractivity contribution in [1.29, 1.82) is 0 Å². The first-order chi connectivity index (χ1) is 13.2. The topological polar surface area (TPSA) is 61.5 Å². The van der Waals surface area contributed by atoms with Crippen molar-refractivity contribution in [3.05, 3.63) is 52.3 Å². The van der Waals surface area contributed by atoms with Gasteiger partial charge >= 0.3 is 0 Å². The highest BCUT2D eigenvalue weighted by molar-refractivity contribution is 5.47. The molecule has 5 rings (SSSR count). The van der Waals surface area contributed by atoms with Crippen LogP contribution in [0.2, 0.25) is 0 Å². The Bertz CT molecular complexity index is 868. The van der Waals surface area contributed by atoms with Crippen molar-refractivity contribution in [2.24, 2.45) is 11.8 Å². The fourth-order valence-corrected chi connectivity index (χ4v) is 4.69. The van der Waals surface area contributed by atoms with Crippen LogP contribution in [0.3, 0.4) is 0 Å². The van der Waals surface area contributed by atoms with Gasteiger partial charge < -0.3 is 14.5 Å². The van der Waals surface area contributed by atoms with Crippen molar-refractivity contribution in [3.8, 4) is 0 Å². The van der Waals surface area contributed by atoms with Gasteiger partial charge in [0.25, 0.3) is 5.56 Å². The molecule has 0 spiro atoms. The van der Waals surface area contributed by atoms with Gasteiger partial charge in [0.1, 0.15) is 5.82 Å². The van der Waals surface area contributed by atoms with E-state index in [1.54, 1.807) is 6.07 Å². The van der Waals surface area contributed by atoms with Crippen molar-refractivity contribution >= 4 is 11.8 Å². The molecule has 2 aromatic rings. The number of aromatic amines is 1. The molecule has 0 radical (unpaired) electrons. The molecule has 1 aromatic carbocycles. The third-order valence-corrected chi connectivity index (χ3v) is 6.14. The zero-order valence-electron chi connectivity index (χ0n) is 15.7. The number of nitrogens with one attached hydrogen (secondary N) is 1. The Labute approximate surface area is 159 Å². The summed E-state index contributed by atoms with van der Waals surface area (Å²) in [4.78, 5) is 24.7. The summed E-state index contributed by atoms with van der Waals surface area (Å²) in [6, 6.07) is 12.7. The number of H-pyrrole nitrogens is 1. The third kappa shape index (κ3) is 3.34. The molecule has 4 atom stereocenters. The summed E-state index contributed by atoms with van der Waals surface area (Å²) in [5.41, 5.74) is 1.27. The maximum absolute atomic E-state index is 12.4. The Hall–Kier alpha value is -2.34. The van der Waals surface area contributed by atoms with Crippen molar-refractivity contribution < 1.29 is 4.74 Å². The average molecular weight is 366 g/mol. The van der Waals surface area contributed by atoms with Crippen LogP contribution in [0.25, 0.3) is 0 Å². The average Bonchev–Trinajstić information content (AvgIpc) is 3.36. The van der Waals surface area contributed by atoms with Gasteiger partial charge in [-0.05, 0) is 37.2 Å². The number of benzene rings is 1. The molecule has 2 saturated heterocycles. The highest BCUT2D eigenvalue weighted by Crippen LogP contribution is 2.51. The third-order valence-electron chi connectivity index (χ3n) is 6.14. The lowest BCUT2D eigenvalue weighted by atomic mass is 10.0. The summed E-state index contributed by atoms with van der Waals surface area (Å²) in [6.45, 7) is 5.28. The van der Waals surface area contributed by atoms with E-state index in [9.17, 15) is 4.79 Å². The molecule has 142 valence electrons. The van der Waals surface area contributed by atoms with Gasteiger partial charge in [0, 0.05) is 31.7 Å². The van der Waals surface area contributed by atoms with Crippen LogP contribution >= 0.6 is 0 Å². The van der Waals surface area contributed by atoms with E-state index in [1.807, 2.05) is 0 Å². The number of fused-ring (bicyclic) bond motifs is 1. The maximum atomic E-state index is 12.4. The van der Waals surface area contributed by atoms with Gasteiger partial charge in [-0.15, -0.1) is 0 Å². The van der Waals surface area contributed by atoms with E-state index in [-0.39, 0.29) is 11.7 Å². The van der Waals surface area contributed by atoms with Crippen molar-refractivity contribution in [2.45, 2.75) is 31.9 Å². The first kappa shape index (κ1) is 16.8. The molecule has 3 heterocycles. The Morgan fingerprint density at radius 2 is 2.11 bits per heavy atom. The van der Waals surface area contributed by atoms with Crippen LogP contribution in [0.1, 0.15) is 18.9 Å². The number of anilines is 2. The highest BCUT2D eigenvalue weighted by atomic mass is 16.5. The maximum Gasteiger partial charge on any atom is 0.254 e. The normalized spacial score (nSPS) is 29.7. The number of nitrogens with zero attached hydrogens (tertiary/aromatic N) is 3. The minimum atomic E-state index is -0.0758. The number of morpholine rings is 1. The van der Waals surface area contributed by atoms with Gasteiger partial charge in [0.2, 0.25) is 5.95 Å². The summed E-state index contributed by atoms with van der Waals surface area (Å²) in [5.74, 6) is 2.96. The first-order valence-corrected chi connectivity index (χ1v) is 9.96. The van der Waals surface area contributed by atoms with Crippen LogP contribution in [-0.2, 0) is 11.2 Å². The molecule has 3 fully saturated rings. The molecule has 1 N–H and O–H groups in total. The van der Waals surface area contributed by atoms with E-state index in [0.29, 0.717) is 12.6 Å². The van der Waals surface area contributed by atoms with E-state index >= 15 is 0 Å². The van der Waals surface area contributed by atoms with Crippen LogP contribution in [0, 0.1) is 11.8 Å². The van der Waals surface area contributed by atoms with Gasteiger partial charge in [-0.1, -0.05) is 30.3 Å². The molecule has 2 aliphatic heterocycles. The minimum absolute atomic E-state index is 0.0758.